The lowest BCUT2D eigenvalue weighted by Crippen LogP contribution is -2.50. The fourth-order valence-electron chi connectivity index (χ4n) is 3.54. The molecule has 0 bridgehead atoms. The number of nitrogens with zero attached hydrogens (tertiary/aromatic N) is 1. The monoisotopic (exact) mass is 429 g/mol. The summed E-state index contributed by atoms with van der Waals surface area (Å²) in [5.74, 6) is -0.440. The molecule has 1 unspecified atom stereocenters. The highest BCUT2D eigenvalue weighted by atomic mass is 16.3. The van der Waals surface area contributed by atoms with Crippen LogP contribution in [0.5, 0.6) is 0 Å². The lowest BCUT2D eigenvalue weighted by molar-refractivity contribution is -0.131. The van der Waals surface area contributed by atoms with E-state index in [1.165, 1.54) is 6.39 Å². The zero-order valence-electron chi connectivity index (χ0n) is 18.0. The second-order valence-corrected chi connectivity index (χ2v) is 8.59. The molecule has 2 N–H and O–H groups in total. The first-order chi connectivity index (χ1) is 15.2. The number of carbonyl (C=O) groups is 3. The van der Waals surface area contributed by atoms with Crippen LogP contribution in [-0.4, -0.2) is 22.6 Å². The third-order valence-electron chi connectivity index (χ3n) is 5.09. The number of ketones is 1. The number of benzene rings is 2. The van der Waals surface area contributed by atoms with Gasteiger partial charge in [-0.1, -0.05) is 69.3 Å². The highest BCUT2D eigenvalue weighted by molar-refractivity contribution is 6.10. The Balaban J connectivity index is 1.57. The highest BCUT2D eigenvalue weighted by Gasteiger charge is 2.37. The molecule has 0 aliphatic carbocycles. The highest BCUT2D eigenvalue weighted by Crippen LogP contribution is 2.30. The van der Waals surface area contributed by atoms with E-state index >= 15 is 0 Å². The van der Waals surface area contributed by atoms with E-state index in [1.807, 2.05) is 26.8 Å². The fourth-order valence-corrected chi connectivity index (χ4v) is 3.54. The Morgan fingerprint density at radius 3 is 2.47 bits per heavy atom. The van der Waals surface area contributed by atoms with Crippen LogP contribution in [-0.2, 0) is 15.0 Å². The van der Waals surface area contributed by atoms with Crippen molar-refractivity contribution in [3.63, 3.8) is 0 Å². The summed E-state index contributed by atoms with van der Waals surface area (Å²) < 4.78 is 5.47. The maximum atomic E-state index is 12.8. The van der Waals surface area contributed by atoms with Crippen molar-refractivity contribution in [2.45, 2.75) is 32.2 Å². The van der Waals surface area contributed by atoms with Gasteiger partial charge in [-0.3, -0.25) is 14.4 Å². The number of amides is 2. The number of aromatic nitrogens is 1. The van der Waals surface area contributed by atoms with E-state index in [-0.39, 0.29) is 16.9 Å². The van der Waals surface area contributed by atoms with E-state index in [0.717, 1.165) is 0 Å². The van der Waals surface area contributed by atoms with Crippen LogP contribution >= 0.6 is 0 Å². The first-order valence-corrected chi connectivity index (χ1v) is 10.2. The molecule has 4 rings (SSSR count). The van der Waals surface area contributed by atoms with Gasteiger partial charge in [0.05, 0.1) is 0 Å². The fraction of sp³-hybridized carbons (Fsp3) is 0.200. The zero-order valence-corrected chi connectivity index (χ0v) is 18.0. The van der Waals surface area contributed by atoms with E-state index < -0.39 is 17.9 Å². The van der Waals surface area contributed by atoms with Gasteiger partial charge in [0.1, 0.15) is 17.2 Å². The molecule has 0 spiro atoms. The van der Waals surface area contributed by atoms with Crippen molar-refractivity contribution in [3.8, 4) is 0 Å². The molecule has 1 aromatic heterocycles. The van der Waals surface area contributed by atoms with Crippen LogP contribution in [0.1, 0.15) is 59.8 Å². The number of oxazole rings is 1. The molecule has 7 heteroatoms. The van der Waals surface area contributed by atoms with Crippen molar-refractivity contribution in [2.24, 2.45) is 0 Å². The molecule has 0 radical (unpaired) electrons. The molecule has 3 aromatic rings. The standard InChI is InChI=1S/C25H23N3O4/c1-25(2,3)22-19(26-14-32-22)20-24(31)27-18(23(30)28-20)13-15-8-7-11-17(12-15)21(29)16-9-5-4-6-10-16/h4-14,20H,1-3H3,(H,27,31)(H,28,30)/b18-13+. The summed E-state index contributed by atoms with van der Waals surface area (Å²) in [6.07, 6.45) is 2.81. The summed E-state index contributed by atoms with van der Waals surface area (Å²) in [7, 11) is 0. The molecule has 7 nitrogen and oxygen atoms in total. The lowest BCUT2D eigenvalue weighted by atomic mass is 9.89. The molecule has 32 heavy (non-hydrogen) atoms. The molecule has 1 fully saturated rings. The summed E-state index contributed by atoms with van der Waals surface area (Å²) in [5.41, 5.74) is 1.79. The summed E-state index contributed by atoms with van der Waals surface area (Å²) in [4.78, 5) is 42.4. The number of piperazine rings is 1. The molecule has 1 aliphatic rings. The van der Waals surface area contributed by atoms with Crippen molar-refractivity contribution >= 4 is 23.7 Å². The van der Waals surface area contributed by atoms with Crippen molar-refractivity contribution < 1.29 is 18.8 Å². The average Bonchev–Trinajstić information content (AvgIpc) is 3.27. The Labute approximate surface area is 185 Å². The van der Waals surface area contributed by atoms with Crippen molar-refractivity contribution in [1.29, 1.82) is 0 Å². The van der Waals surface area contributed by atoms with E-state index in [2.05, 4.69) is 15.6 Å². The Morgan fingerprint density at radius 2 is 1.75 bits per heavy atom. The van der Waals surface area contributed by atoms with Gasteiger partial charge in [0, 0.05) is 16.5 Å². The summed E-state index contributed by atoms with van der Waals surface area (Å²) in [6.45, 7) is 5.82. The largest absolute Gasteiger partial charge is 0.448 e. The maximum Gasteiger partial charge on any atom is 0.268 e. The molecule has 1 saturated heterocycles. The van der Waals surface area contributed by atoms with Crippen LogP contribution in [0.4, 0.5) is 0 Å². The predicted octanol–water partition coefficient (Wildman–Crippen LogP) is 3.53. The zero-order chi connectivity index (χ0) is 22.9. The van der Waals surface area contributed by atoms with Crippen LogP contribution in [0.25, 0.3) is 6.08 Å². The minimum atomic E-state index is -0.946. The maximum absolute atomic E-state index is 12.8. The number of nitrogens with one attached hydrogen (secondary N) is 2. The smallest absolute Gasteiger partial charge is 0.268 e. The summed E-state index contributed by atoms with van der Waals surface area (Å²) in [6, 6.07) is 14.9. The van der Waals surface area contributed by atoms with Gasteiger partial charge < -0.3 is 15.1 Å². The minimum absolute atomic E-state index is 0.0939. The molecule has 2 aromatic carbocycles. The van der Waals surface area contributed by atoms with E-state index in [1.54, 1.807) is 54.6 Å². The van der Waals surface area contributed by atoms with Crippen LogP contribution < -0.4 is 10.6 Å². The van der Waals surface area contributed by atoms with E-state index in [0.29, 0.717) is 28.1 Å². The molecular formula is C25H23N3O4. The van der Waals surface area contributed by atoms with Gasteiger partial charge in [-0.2, -0.15) is 0 Å². The minimum Gasteiger partial charge on any atom is -0.448 e. The van der Waals surface area contributed by atoms with Crippen LogP contribution in [0.15, 0.2) is 71.1 Å². The van der Waals surface area contributed by atoms with Gasteiger partial charge in [0.15, 0.2) is 18.2 Å². The van der Waals surface area contributed by atoms with Gasteiger partial charge in [-0.15, -0.1) is 0 Å². The second-order valence-electron chi connectivity index (χ2n) is 8.59. The van der Waals surface area contributed by atoms with Crippen molar-refractivity contribution in [1.82, 2.24) is 15.6 Å². The second kappa shape index (κ2) is 8.26. The van der Waals surface area contributed by atoms with E-state index in [4.69, 9.17) is 4.42 Å². The Morgan fingerprint density at radius 1 is 1.03 bits per heavy atom. The summed E-state index contributed by atoms with van der Waals surface area (Å²) >= 11 is 0. The van der Waals surface area contributed by atoms with Gasteiger partial charge in [-0.25, -0.2) is 4.98 Å². The van der Waals surface area contributed by atoms with Crippen LogP contribution in [0.2, 0.25) is 0 Å². The molecule has 1 atom stereocenters. The SMILES string of the molecule is CC(C)(C)c1ocnc1C1NC(=O)/C(=C\c2cccc(C(=O)c3ccccc3)c2)NC1=O. The van der Waals surface area contributed by atoms with Crippen molar-refractivity contribution in [2.75, 3.05) is 0 Å². The van der Waals surface area contributed by atoms with Crippen LogP contribution in [0.3, 0.4) is 0 Å². The number of rotatable bonds is 4. The third kappa shape index (κ3) is 4.23. The first-order valence-electron chi connectivity index (χ1n) is 10.2. The van der Waals surface area contributed by atoms with Gasteiger partial charge in [0.2, 0.25) is 0 Å². The Hall–Kier alpha value is -4.00. The number of hydrogen-bond acceptors (Lipinski definition) is 5. The lowest BCUT2D eigenvalue weighted by Gasteiger charge is -2.26. The Kier molecular flexibility index (Phi) is 5.48. The van der Waals surface area contributed by atoms with Crippen LogP contribution in [0, 0.1) is 0 Å². The number of carbonyl (C=O) groups excluding carboxylic acids is 3. The number of hydrogen-bond donors (Lipinski definition) is 2. The van der Waals surface area contributed by atoms with Gasteiger partial charge in [-0.05, 0) is 17.7 Å². The van der Waals surface area contributed by atoms with Crippen molar-refractivity contribution in [3.05, 3.63) is 94.8 Å². The molecule has 2 heterocycles. The first kappa shape index (κ1) is 21.2. The van der Waals surface area contributed by atoms with E-state index in [9.17, 15) is 14.4 Å². The molecule has 1 aliphatic heterocycles. The molecular weight excluding hydrogens is 406 g/mol. The molecule has 0 saturated carbocycles. The summed E-state index contributed by atoms with van der Waals surface area (Å²) in [5, 5.41) is 5.36. The Bertz CT molecular complexity index is 1220. The predicted molar refractivity (Wildman–Crippen MR) is 119 cm³/mol. The topological polar surface area (TPSA) is 101 Å². The third-order valence-corrected chi connectivity index (χ3v) is 5.09. The molecule has 2 amide bonds. The van der Waals surface area contributed by atoms with Gasteiger partial charge in [0.25, 0.3) is 11.8 Å². The normalized spacial score (nSPS) is 17.7. The van der Waals surface area contributed by atoms with Gasteiger partial charge >= 0.3 is 0 Å². The quantitative estimate of drug-likeness (QED) is 0.488. The molecule has 162 valence electrons. The average molecular weight is 429 g/mol.